The molecule has 9 heteroatoms. The van der Waals surface area contributed by atoms with E-state index in [1.54, 1.807) is 6.20 Å². The second-order valence-corrected chi connectivity index (χ2v) is 10.6. The molecule has 9 nitrogen and oxygen atoms in total. The summed E-state index contributed by atoms with van der Waals surface area (Å²) in [5, 5.41) is 17.9. The zero-order chi connectivity index (χ0) is 29.0. The topological polar surface area (TPSA) is 140 Å². The molecule has 1 atom stereocenters. The van der Waals surface area contributed by atoms with Crippen LogP contribution < -0.4 is 16.0 Å². The van der Waals surface area contributed by atoms with Gasteiger partial charge in [-0.05, 0) is 18.1 Å². The first-order chi connectivity index (χ1) is 19.4. The Bertz CT molecular complexity index is 1050. The Labute approximate surface area is 238 Å². The predicted octanol–water partition coefficient (Wildman–Crippen LogP) is 4.99. The molecule has 40 heavy (non-hydrogen) atoms. The number of amides is 3. The van der Waals surface area contributed by atoms with E-state index < -0.39 is 23.8 Å². The van der Waals surface area contributed by atoms with Gasteiger partial charge < -0.3 is 26.0 Å². The van der Waals surface area contributed by atoms with E-state index in [-0.39, 0.29) is 25.4 Å². The molecule has 0 saturated heterocycles. The molecule has 2 rings (SSSR count). The Hall–Kier alpha value is -3.36. The third-order valence-electron chi connectivity index (χ3n) is 7.13. The molecule has 0 fully saturated rings. The van der Waals surface area contributed by atoms with Gasteiger partial charge in [0.15, 0.2) is 0 Å². The number of hydrogen-bond acceptors (Lipinski definition) is 4. The van der Waals surface area contributed by atoms with Crippen molar-refractivity contribution in [1.82, 2.24) is 20.9 Å². The van der Waals surface area contributed by atoms with Crippen LogP contribution >= 0.6 is 0 Å². The van der Waals surface area contributed by atoms with Gasteiger partial charge in [-0.15, -0.1) is 0 Å². The fourth-order valence-corrected chi connectivity index (χ4v) is 4.78. The maximum Gasteiger partial charge on any atom is 0.326 e. The lowest BCUT2D eigenvalue weighted by molar-refractivity contribution is -0.141. The van der Waals surface area contributed by atoms with Gasteiger partial charge in [0.2, 0.25) is 17.7 Å². The van der Waals surface area contributed by atoms with Crippen molar-refractivity contribution in [2.75, 3.05) is 13.1 Å². The summed E-state index contributed by atoms with van der Waals surface area (Å²) in [6.45, 7) is 1.65. The second kappa shape index (κ2) is 19.7. The van der Waals surface area contributed by atoms with E-state index in [9.17, 15) is 24.3 Å². The number of rotatable bonds is 22. The summed E-state index contributed by atoms with van der Waals surface area (Å²) < 4.78 is 0. The van der Waals surface area contributed by atoms with Crippen LogP contribution in [-0.2, 0) is 25.6 Å². The summed E-state index contributed by atoms with van der Waals surface area (Å²) >= 11 is 0. The third-order valence-corrected chi connectivity index (χ3v) is 7.13. The lowest BCUT2D eigenvalue weighted by Gasteiger charge is -2.15. The standard InChI is InChI=1S/C31H48N4O5/c1-2-3-4-5-6-7-8-9-10-11-12-13-14-19-28(36)33-22-29(37)34-23-30(38)35-27(31(39)40)20-24-21-32-26-18-16-15-17-25(24)26/h15-18,21,27,32H,2-14,19-20,22-23H2,1H3,(H,33,36)(H,34,37)(H,35,38)(H,39,40)/t27-/m0/s1. The van der Waals surface area contributed by atoms with Crippen LogP contribution in [0.4, 0.5) is 0 Å². The van der Waals surface area contributed by atoms with Crippen LogP contribution in [0.5, 0.6) is 0 Å². The molecule has 0 bridgehead atoms. The van der Waals surface area contributed by atoms with Gasteiger partial charge in [0.1, 0.15) is 6.04 Å². The first-order valence-corrected chi connectivity index (χ1v) is 15.0. The molecule has 0 radical (unpaired) electrons. The number of nitrogens with one attached hydrogen (secondary N) is 4. The molecule has 1 aromatic heterocycles. The van der Waals surface area contributed by atoms with E-state index in [2.05, 4.69) is 27.9 Å². The van der Waals surface area contributed by atoms with Gasteiger partial charge in [0.05, 0.1) is 13.1 Å². The molecule has 0 unspecified atom stereocenters. The molecule has 0 spiro atoms. The highest BCUT2D eigenvalue weighted by Crippen LogP contribution is 2.19. The number of para-hydroxylation sites is 1. The van der Waals surface area contributed by atoms with Crippen molar-refractivity contribution in [2.45, 2.75) is 109 Å². The van der Waals surface area contributed by atoms with Crippen molar-refractivity contribution in [3.8, 4) is 0 Å². The van der Waals surface area contributed by atoms with Crippen molar-refractivity contribution in [3.63, 3.8) is 0 Å². The van der Waals surface area contributed by atoms with E-state index >= 15 is 0 Å². The molecule has 0 aliphatic rings. The molecular formula is C31H48N4O5. The molecule has 1 heterocycles. The fourth-order valence-electron chi connectivity index (χ4n) is 4.78. The van der Waals surface area contributed by atoms with E-state index in [4.69, 9.17) is 0 Å². The Morgan fingerprint density at radius 3 is 1.93 bits per heavy atom. The van der Waals surface area contributed by atoms with E-state index in [0.717, 1.165) is 35.7 Å². The zero-order valence-electron chi connectivity index (χ0n) is 24.1. The molecule has 1 aromatic carbocycles. The zero-order valence-corrected chi connectivity index (χ0v) is 24.1. The van der Waals surface area contributed by atoms with Gasteiger partial charge >= 0.3 is 5.97 Å². The van der Waals surface area contributed by atoms with Gasteiger partial charge in [0.25, 0.3) is 0 Å². The number of aromatic amines is 1. The van der Waals surface area contributed by atoms with E-state index in [0.29, 0.717) is 6.42 Å². The number of carboxylic acid groups (broad SMARTS) is 1. The highest BCUT2D eigenvalue weighted by atomic mass is 16.4. The first-order valence-electron chi connectivity index (χ1n) is 15.0. The molecule has 222 valence electrons. The van der Waals surface area contributed by atoms with Gasteiger partial charge in [-0.1, -0.05) is 102 Å². The molecule has 0 aliphatic carbocycles. The summed E-state index contributed by atoms with van der Waals surface area (Å²) in [7, 11) is 0. The monoisotopic (exact) mass is 556 g/mol. The molecule has 2 aromatic rings. The fraction of sp³-hybridized carbons (Fsp3) is 0.613. The number of carbonyl (C=O) groups excluding carboxylic acids is 3. The Balaban J connectivity index is 1.50. The van der Waals surface area contributed by atoms with Crippen molar-refractivity contribution in [2.24, 2.45) is 0 Å². The number of H-pyrrole nitrogens is 1. The van der Waals surface area contributed by atoms with Crippen molar-refractivity contribution in [1.29, 1.82) is 0 Å². The smallest absolute Gasteiger partial charge is 0.326 e. The van der Waals surface area contributed by atoms with Crippen LogP contribution in [0.1, 0.15) is 102 Å². The number of aliphatic carboxylic acids is 1. The summed E-state index contributed by atoms with van der Waals surface area (Å²) in [4.78, 5) is 51.1. The second-order valence-electron chi connectivity index (χ2n) is 10.6. The van der Waals surface area contributed by atoms with Crippen LogP contribution in [0.3, 0.4) is 0 Å². The molecular weight excluding hydrogens is 508 g/mol. The van der Waals surface area contributed by atoms with Crippen LogP contribution in [-0.4, -0.2) is 52.9 Å². The summed E-state index contributed by atoms with van der Waals surface area (Å²) in [6, 6.07) is 6.38. The molecule has 3 amide bonds. The number of hydrogen-bond donors (Lipinski definition) is 5. The number of fused-ring (bicyclic) bond motifs is 1. The minimum atomic E-state index is -1.16. The lowest BCUT2D eigenvalue weighted by atomic mass is 10.0. The van der Waals surface area contributed by atoms with Crippen molar-refractivity contribution in [3.05, 3.63) is 36.0 Å². The molecule has 0 saturated carbocycles. The van der Waals surface area contributed by atoms with Crippen LogP contribution in [0.15, 0.2) is 30.5 Å². The number of carboxylic acids is 1. The highest BCUT2D eigenvalue weighted by Gasteiger charge is 2.22. The predicted molar refractivity (Wildman–Crippen MR) is 158 cm³/mol. The van der Waals surface area contributed by atoms with Crippen LogP contribution in [0.2, 0.25) is 0 Å². The average molecular weight is 557 g/mol. The quantitative estimate of drug-likeness (QED) is 0.130. The van der Waals surface area contributed by atoms with Crippen LogP contribution in [0, 0.1) is 0 Å². The van der Waals surface area contributed by atoms with Gasteiger partial charge in [-0.25, -0.2) is 4.79 Å². The Morgan fingerprint density at radius 2 is 1.30 bits per heavy atom. The Kier molecular flexibility index (Phi) is 16.1. The Morgan fingerprint density at radius 1 is 0.750 bits per heavy atom. The average Bonchev–Trinajstić information content (AvgIpc) is 3.35. The maximum absolute atomic E-state index is 12.3. The number of unbranched alkanes of at least 4 members (excludes halogenated alkanes) is 12. The molecule has 5 N–H and O–H groups in total. The number of benzene rings is 1. The normalized spacial score (nSPS) is 11.7. The lowest BCUT2D eigenvalue weighted by Crippen LogP contribution is -2.47. The van der Waals surface area contributed by atoms with Crippen LogP contribution in [0.25, 0.3) is 10.9 Å². The first kappa shape index (κ1) is 32.8. The van der Waals surface area contributed by atoms with Gasteiger partial charge in [-0.2, -0.15) is 0 Å². The minimum Gasteiger partial charge on any atom is -0.480 e. The van der Waals surface area contributed by atoms with Gasteiger partial charge in [-0.3, -0.25) is 14.4 Å². The maximum atomic E-state index is 12.3. The summed E-state index contributed by atoms with van der Waals surface area (Å²) in [6.07, 6.45) is 18.3. The van der Waals surface area contributed by atoms with Gasteiger partial charge in [0, 0.05) is 29.9 Å². The third kappa shape index (κ3) is 13.6. The summed E-state index contributed by atoms with van der Waals surface area (Å²) in [5.74, 6) is -2.46. The number of aromatic nitrogens is 1. The van der Waals surface area contributed by atoms with Crippen molar-refractivity contribution >= 4 is 34.6 Å². The minimum absolute atomic E-state index is 0.105. The number of carbonyl (C=O) groups is 4. The van der Waals surface area contributed by atoms with E-state index in [1.807, 2.05) is 24.3 Å². The molecule has 0 aliphatic heterocycles. The van der Waals surface area contributed by atoms with E-state index in [1.165, 1.54) is 64.2 Å². The summed E-state index contributed by atoms with van der Waals surface area (Å²) in [5.41, 5.74) is 1.66. The van der Waals surface area contributed by atoms with Crippen molar-refractivity contribution < 1.29 is 24.3 Å². The highest BCUT2D eigenvalue weighted by molar-refractivity contribution is 5.90. The SMILES string of the molecule is CCCCCCCCCCCCCCCC(=O)NCC(=O)NCC(=O)N[C@@H](Cc1c[nH]c2ccccc12)C(=O)O. The largest absolute Gasteiger partial charge is 0.480 e.